The number of hydrogen-bond acceptors (Lipinski definition) is 17. The molecule has 0 atom stereocenters. The lowest BCUT2D eigenvalue weighted by Gasteiger charge is -2.19. The maximum Gasteiger partial charge on any atom is 0.323 e. The van der Waals surface area contributed by atoms with E-state index in [9.17, 15) is 56.7 Å². The van der Waals surface area contributed by atoms with Crippen molar-refractivity contribution in [1.29, 1.82) is 0 Å². The quantitative estimate of drug-likeness (QED) is 0.180. The summed E-state index contributed by atoms with van der Waals surface area (Å²) in [5, 5.41) is 27.4. The highest BCUT2D eigenvalue weighted by Gasteiger charge is 2.38. The molecular formula is C30H27N4O16S4-. The number of carboxylic acids is 3. The average Bonchev–Trinajstić information content (AvgIpc) is 3.77. The molecule has 0 bridgehead atoms. The summed E-state index contributed by atoms with van der Waals surface area (Å²) in [5.74, 6) is -5.43. The standard InChI is InChI=1S/C30H28N4O16S4/c1-13(7-18-31(5-4-6-54(45,46)47)14-8-16(48-2)17(49-3)9-15(14)50-18)22-25(41)32(10-19(35)36)28(51-22)23-26(42)33(11-20(37)38)29(52-23)24-27(43)34(12-21(39)40)30(44)53-24/h7-9H,4-6,10-12H2,1-3H3,(H,35,36)(H,37,38)(H,39,40)(H,45,46,47)/p-1/b18-7?,22-13?,28-23+,29-24+. The van der Waals surface area contributed by atoms with Gasteiger partial charge in [0, 0.05) is 30.5 Å². The van der Waals surface area contributed by atoms with Crippen LogP contribution in [-0.2, 0) is 42.4 Å². The number of amides is 2. The number of carbonyl (C=O) groups is 5. The molecule has 54 heavy (non-hydrogen) atoms. The Morgan fingerprint density at radius 2 is 1.46 bits per heavy atom. The minimum atomic E-state index is -4.57. The summed E-state index contributed by atoms with van der Waals surface area (Å²) in [6, 6.07) is 3.05. The molecule has 0 spiro atoms. The highest BCUT2D eigenvalue weighted by Crippen LogP contribution is 2.46. The van der Waals surface area contributed by atoms with Gasteiger partial charge >= 0.3 is 17.9 Å². The summed E-state index contributed by atoms with van der Waals surface area (Å²) >= 11 is 1.45. The van der Waals surface area contributed by atoms with E-state index >= 15 is 0 Å². The van der Waals surface area contributed by atoms with Crippen molar-refractivity contribution in [2.75, 3.05) is 38.0 Å². The van der Waals surface area contributed by atoms with E-state index in [0.29, 0.717) is 49.3 Å². The van der Waals surface area contributed by atoms with Gasteiger partial charge in [-0.05, 0) is 30.7 Å². The first kappa shape index (κ1) is 39.8. The molecule has 5 rings (SSSR count). The number of imide groups is 1. The first-order valence-electron chi connectivity index (χ1n) is 15.1. The predicted molar refractivity (Wildman–Crippen MR) is 189 cm³/mol. The zero-order valence-corrected chi connectivity index (χ0v) is 31.3. The number of rotatable bonds is 13. The highest BCUT2D eigenvalue weighted by molar-refractivity contribution is 8.23. The fourth-order valence-corrected chi connectivity index (χ4v) is 9.20. The Morgan fingerprint density at radius 3 is 2.04 bits per heavy atom. The second-order valence-electron chi connectivity index (χ2n) is 11.2. The number of benzene rings is 1. The molecular weight excluding hydrogens is 801 g/mol. The van der Waals surface area contributed by atoms with Crippen molar-refractivity contribution in [3.05, 3.63) is 63.2 Å². The predicted octanol–water partition coefficient (Wildman–Crippen LogP) is -0.659. The van der Waals surface area contributed by atoms with Crippen LogP contribution in [0, 0.1) is 9.20 Å². The van der Waals surface area contributed by atoms with E-state index in [0.717, 1.165) is 4.57 Å². The lowest BCUT2D eigenvalue weighted by molar-refractivity contribution is -0.140. The maximum absolute atomic E-state index is 13.8. The fraction of sp³-hybridized carbons (Fsp3) is 0.300. The zero-order chi connectivity index (χ0) is 39.8. The second kappa shape index (κ2) is 15.5. The molecule has 3 aromatic rings. The molecule has 2 aromatic heterocycles. The van der Waals surface area contributed by atoms with Crippen LogP contribution in [0.4, 0.5) is 10.5 Å². The molecule has 2 amide bonds. The summed E-state index contributed by atoms with van der Waals surface area (Å²) in [5.41, 5.74) is -1.35. The van der Waals surface area contributed by atoms with Crippen molar-refractivity contribution in [3.63, 3.8) is 0 Å². The van der Waals surface area contributed by atoms with Gasteiger partial charge in [-0.25, -0.2) is 8.42 Å². The van der Waals surface area contributed by atoms with Gasteiger partial charge < -0.3 is 39.0 Å². The Kier molecular flexibility index (Phi) is 11.4. The van der Waals surface area contributed by atoms with Gasteiger partial charge in [0.1, 0.15) is 38.4 Å². The lowest BCUT2D eigenvalue weighted by atomic mass is 10.2. The normalized spacial score (nSPS) is 17.1. The van der Waals surface area contributed by atoms with E-state index in [1.165, 1.54) is 38.2 Å². The van der Waals surface area contributed by atoms with E-state index < -0.39 is 80.6 Å². The number of nitrogens with zero attached hydrogens (tertiary/aromatic N) is 4. The van der Waals surface area contributed by atoms with E-state index in [-0.39, 0.29) is 60.3 Å². The maximum atomic E-state index is 13.8. The molecule has 20 nitrogen and oxygen atoms in total. The summed E-state index contributed by atoms with van der Waals surface area (Å²) < 4.78 is 51.2. The first-order chi connectivity index (χ1) is 25.3. The average molecular weight is 828 g/mol. The first-order valence-corrected chi connectivity index (χ1v) is 19.1. The number of aliphatic carboxylic acids is 3. The number of anilines is 1. The minimum Gasteiger partial charge on any atom is -0.748 e. The molecule has 3 N–H and O–H groups in total. The van der Waals surface area contributed by atoms with Crippen molar-refractivity contribution in [2.45, 2.75) is 26.4 Å². The summed E-state index contributed by atoms with van der Waals surface area (Å²) in [6.07, 6.45) is 1.26. The third kappa shape index (κ3) is 8.06. The molecule has 0 aliphatic carbocycles. The number of hydrogen-bond donors (Lipinski definition) is 3. The smallest absolute Gasteiger partial charge is 0.323 e. The molecule has 1 saturated heterocycles. The molecule has 1 fully saturated rings. The Hall–Kier alpha value is -5.43. The number of fused-ring (bicyclic) bond motifs is 1. The lowest BCUT2D eigenvalue weighted by Crippen LogP contribution is -2.35. The molecule has 1 aromatic carbocycles. The van der Waals surface area contributed by atoms with Crippen molar-refractivity contribution in [1.82, 2.24) is 14.0 Å². The number of methoxy groups -OCH3 is 2. The number of carboxylic acid groups (broad SMARTS) is 3. The van der Waals surface area contributed by atoms with Gasteiger partial charge in [-0.3, -0.25) is 47.6 Å². The van der Waals surface area contributed by atoms with Gasteiger partial charge in [0.05, 0.1) is 34.6 Å². The van der Waals surface area contributed by atoms with Crippen LogP contribution in [0.15, 0.2) is 33.7 Å². The van der Waals surface area contributed by atoms with Gasteiger partial charge in [0.2, 0.25) is 5.88 Å². The fourth-order valence-electron chi connectivity index (χ4n) is 5.32. The molecule has 2 aliphatic heterocycles. The Balaban J connectivity index is 1.78. The Bertz CT molecular complexity index is 2620. The second-order valence-corrected chi connectivity index (χ2v) is 15.7. The largest absolute Gasteiger partial charge is 0.748 e. The van der Waals surface area contributed by atoms with Crippen LogP contribution in [0.2, 0.25) is 0 Å². The van der Waals surface area contributed by atoms with E-state index in [4.69, 9.17) is 19.3 Å². The van der Waals surface area contributed by atoms with Crippen LogP contribution < -0.4 is 39.4 Å². The Morgan fingerprint density at radius 1 is 0.870 bits per heavy atom. The van der Waals surface area contributed by atoms with E-state index in [1.807, 2.05) is 0 Å². The van der Waals surface area contributed by atoms with E-state index in [2.05, 4.69) is 0 Å². The van der Waals surface area contributed by atoms with Crippen molar-refractivity contribution in [2.24, 2.45) is 0 Å². The molecule has 0 saturated carbocycles. The monoisotopic (exact) mass is 827 g/mol. The summed E-state index contributed by atoms with van der Waals surface area (Å²) in [6.45, 7) is -1.54. The molecule has 288 valence electrons. The number of ether oxygens (including phenoxy) is 3. The van der Waals surface area contributed by atoms with Crippen molar-refractivity contribution in [3.8, 4) is 17.2 Å². The number of thioether (sulfide) groups is 1. The number of aromatic nitrogens is 2. The van der Waals surface area contributed by atoms with Crippen LogP contribution in [-0.4, -0.2) is 104 Å². The molecule has 4 heterocycles. The third-order valence-electron chi connectivity index (χ3n) is 7.60. The van der Waals surface area contributed by atoms with Gasteiger partial charge in [0.25, 0.3) is 22.3 Å². The van der Waals surface area contributed by atoms with Crippen LogP contribution in [0.3, 0.4) is 0 Å². The number of thiazole rings is 2. The van der Waals surface area contributed by atoms with Crippen LogP contribution in [0.1, 0.15) is 13.3 Å². The molecule has 0 unspecified atom stereocenters. The third-order valence-corrected chi connectivity index (χ3v) is 12.1. The molecule has 2 aliphatic rings. The van der Waals surface area contributed by atoms with E-state index in [1.54, 1.807) is 6.07 Å². The van der Waals surface area contributed by atoms with Crippen LogP contribution in [0.25, 0.3) is 10.5 Å². The minimum absolute atomic E-state index is 0.0505. The topological polar surface area (TPSA) is 281 Å². The Labute approximate surface area is 314 Å². The van der Waals surface area contributed by atoms with Crippen molar-refractivity contribution < 1.29 is 66.5 Å². The van der Waals surface area contributed by atoms with Gasteiger partial charge in [-0.2, -0.15) is 0 Å². The highest BCUT2D eigenvalue weighted by atomic mass is 32.2. The summed E-state index contributed by atoms with van der Waals surface area (Å²) in [4.78, 5) is 89.6. The number of carbonyl (C=O) groups excluding carboxylic acids is 2. The van der Waals surface area contributed by atoms with Crippen LogP contribution >= 0.6 is 34.4 Å². The molecule has 24 heteroatoms. The van der Waals surface area contributed by atoms with Crippen molar-refractivity contribution >= 4 is 89.8 Å². The van der Waals surface area contributed by atoms with Gasteiger partial charge in [-0.1, -0.05) is 0 Å². The number of allylic oxidation sites excluding steroid dienone is 1. The van der Waals surface area contributed by atoms with Gasteiger partial charge in [-0.15, -0.1) is 22.7 Å². The molecule has 0 radical (unpaired) electrons. The van der Waals surface area contributed by atoms with Crippen LogP contribution in [0.5, 0.6) is 17.2 Å². The van der Waals surface area contributed by atoms with Gasteiger partial charge in [0.15, 0.2) is 17.2 Å². The SMILES string of the molecule is COc1cc2c(cc1OC)N(CCCS(=O)(=O)[O-])C(=CC(C)=c1s/c(=c3/s/c(=C4/SC(=O)N(CC(=O)O)C4=O)n(CC(=O)O)c3=O)n(CC(=O)O)c1=O)O2. The zero-order valence-electron chi connectivity index (χ0n) is 28.0. The summed E-state index contributed by atoms with van der Waals surface area (Å²) in [7, 11) is -1.79.